The summed E-state index contributed by atoms with van der Waals surface area (Å²) in [5.41, 5.74) is 0. The molecule has 0 aromatic carbocycles. The van der Waals surface area contributed by atoms with Crippen molar-refractivity contribution in [3.8, 4) is 0 Å². The number of ether oxygens (including phenoxy) is 4. The number of hydrogen-bond donors (Lipinski definition) is 9. The number of amides is 1. The van der Waals surface area contributed by atoms with Crippen LogP contribution in [0.1, 0.15) is 155 Å². The standard InChI is InChI=1S/C58H95NO13/c1-3-5-7-8-9-10-11-12-13-14-15-16-17-18-19-20-21-22-23-24-25-26-27-28-29-30-31-32-33-34-35-36-37-38-40-42-50(63)59-46(47(62)41-39-6-4-2)45-69-57-55(68)53(66)56(49(44-61)71-57)72-58-54(67)52(65)51(64)48(43-60)70-58/h5,7,9-10,12-13,15-16,18-19,21-22,24-25,27-28,39,41,46-49,51-58,60-62,64-68H,3-4,6,8,11,14,17,20,23,26,29-38,40,42-45H2,1-2H3,(H,59,63)/b7-5-,10-9-,13-12-,16-15-,19-18-,22-21-,25-24-,28-27-,41-39+. The van der Waals surface area contributed by atoms with Gasteiger partial charge < -0.3 is 65.1 Å². The van der Waals surface area contributed by atoms with E-state index in [4.69, 9.17) is 18.9 Å². The van der Waals surface area contributed by atoms with Crippen LogP contribution in [0.15, 0.2) is 109 Å². The lowest BCUT2D eigenvalue weighted by Crippen LogP contribution is -2.65. The Morgan fingerprint density at radius 2 is 0.958 bits per heavy atom. The number of rotatable bonds is 40. The molecule has 72 heavy (non-hydrogen) atoms. The van der Waals surface area contributed by atoms with Crippen molar-refractivity contribution >= 4 is 5.91 Å². The van der Waals surface area contributed by atoms with E-state index in [1.807, 2.05) is 6.92 Å². The van der Waals surface area contributed by atoms with E-state index in [1.165, 1.54) is 38.5 Å². The lowest BCUT2D eigenvalue weighted by Gasteiger charge is -2.46. The summed E-state index contributed by atoms with van der Waals surface area (Å²) >= 11 is 0. The predicted octanol–water partition coefficient (Wildman–Crippen LogP) is 8.10. The third-order valence-electron chi connectivity index (χ3n) is 12.4. The van der Waals surface area contributed by atoms with Gasteiger partial charge in [0.05, 0.1) is 32.0 Å². The van der Waals surface area contributed by atoms with Crippen molar-refractivity contribution in [3.63, 3.8) is 0 Å². The van der Waals surface area contributed by atoms with Gasteiger partial charge in [-0.25, -0.2) is 0 Å². The van der Waals surface area contributed by atoms with Crippen LogP contribution in [0.4, 0.5) is 0 Å². The second kappa shape index (κ2) is 42.9. The number of carbonyl (C=O) groups excluding carboxylic acids is 1. The summed E-state index contributed by atoms with van der Waals surface area (Å²) in [4.78, 5) is 13.0. The van der Waals surface area contributed by atoms with Gasteiger partial charge in [-0.3, -0.25) is 4.79 Å². The quantitative estimate of drug-likeness (QED) is 0.0209. The van der Waals surface area contributed by atoms with Crippen LogP contribution in [0.5, 0.6) is 0 Å². The number of allylic oxidation sites excluding steroid dienone is 17. The van der Waals surface area contributed by atoms with Crippen LogP contribution in [0.2, 0.25) is 0 Å². The zero-order chi connectivity index (χ0) is 52.4. The van der Waals surface area contributed by atoms with E-state index in [1.54, 1.807) is 12.2 Å². The molecule has 0 aromatic heterocycles. The lowest BCUT2D eigenvalue weighted by molar-refractivity contribution is -0.359. The number of unbranched alkanes of at least 4 members (excludes halogenated alkanes) is 11. The fourth-order valence-electron chi connectivity index (χ4n) is 8.08. The Kier molecular flexibility index (Phi) is 38.6. The first-order chi connectivity index (χ1) is 35.1. The molecule has 9 N–H and O–H groups in total. The van der Waals surface area contributed by atoms with Crippen molar-refractivity contribution in [1.82, 2.24) is 5.32 Å². The third kappa shape index (κ3) is 28.9. The molecule has 0 bridgehead atoms. The summed E-state index contributed by atoms with van der Waals surface area (Å²) < 4.78 is 22.5. The Hall–Kier alpha value is -3.35. The molecule has 12 unspecified atom stereocenters. The van der Waals surface area contributed by atoms with E-state index in [2.05, 4.69) is 109 Å². The van der Waals surface area contributed by atoms with Gasteiger partial charge in [0.25, 0.3) is 0 Å². The van der Waals surface area contributed by atoms with E-state index in [-0.39, 0.29) is 18.9 Å². The minimum absolute atomic E-state index is 0.263. The van der Waals surface area contributed by atoms with Crippen molar-refractivity contribution in [2.45, 2.75) is 229 Å². The topological polar surface area (TPSA) is 228 Å². The maximum Gasteiger partial charge on any atom is 0.220 e. The maximum absolute atomic E-state index is 13.0. The first-order valence-corrected chi connectivity index (χ1v) is 27.1. The molecule has 0 saturated carbocycles. The van der Waals surface area contributed by atoms with E-state index in [0.29, 0.717) is 12.8 Å². The van der Waals surface area contributed by atoms with Crippen LogP contribution in [-0.4, -0.2) is 140 Å². The fraction of sp³-hybridized carbons (Fsp3) is 0.672. The van der Waals surface area contributed by atoms with Gasteiger partial charge in [-0.15, -0.1) is 0 Å². The van der Waals surface area contributed by atoms with Gasteiger partial charge in [0, 0.05) is 6.42 Å². The van der Waals surface area contributed by atoms with Crippen LogP contribution in [-0.2, 0) is 23.7 Å². The van der Waals surface area contributed by atoms with Gasteiger partial charge in [0.15, 0.2) is 12.6 Å². The molecule has 2 rings (SSSR count). The lowest BCUT2D eigenvalue weighted by atomic mass is 9.97. The molecule has 2 aliphatic heterocycles. The highest BCUT2D eigenvalue weighted by Gasteiger charge is 2.51. The first-order valence-electron chi connectivity index (χ1n) is 27.1. The molecule has 410 valence electrons. The minimum Gasteiger partial charge on any atom is -0.394 e. The molecule has 0 aliphatic carbocycles. The van der Waals surface area contributed by atoms with Crippen LogP contribution in [0.3, 0.4) is 0 Å². The molecular formula is C58H95NO13. The van der Waals surface area contributed by atoms with Crippen molar-refractivity contribution < 1.29 is 64.6 Å². The summed E-state index contributed by atoms with van der Waals surface area (Å²) in [6.45, 7) is 2.41. The van der Waals surface area contributed by atoms with Gasteiger partial charge in [-0.2, -0.15) is 0 Å². The SMILES string of the molecule is CC/C=C\C/C=C\C/C=C\C/C=C\C/C=C\C/C=C\C/C=C\C/C=C\CCCCCCCCCCCCC(=O)NC(COC1OC(CO)C(OC2OC(CO)C(O)C(O)C2O)C(O)C1O)C(O)/C=C/CCC. The average Bonchev–Trinajstić information content (AvgIpc) is 3.38. The summed E-state index contributed by atoms with van der Waals surface area (Å²) in [6.07, 6.45) is 44.1. The molecule has 2 heterocycles. The highest BCUT2D eigenvalue weighted by molar-refractivity contribution is 5.76. The van der Waals surface area contributed by atoms with Crippen molar-refractivity contribution in [1.29, 1.82) is 0 Å². The molecule has 14 nitrogen and oxygen atoms in total. The van der Waals surface area contributed by atoms with E-state index in [0.717, 1.165) is 83.5 Å². The predicted molar refractivity (Wildman–Crippen MR) is 285 cm³/mol. The van der Waals surface area contributed by atoms with Gasteiger partial charge in [-0.1, -0.05) is 181 Å². The summed E-state index contributed by atoms with van der Waals surface area (Å²) in [6, 6.07) is -0.919. The Bertz CT molecular complexity index is 1620. The maximum atomic E-state index is 13.0. The van der Waals surface area contributed by atoms with Gasteiger partial charge in [0.2, 0.25) is 5.91 Å². The molecule has 1 amide bonds. The number of hydrogen-bond acceptors (Lipinski definition) is 13. The zero-order valence-corrected chi connectivity index (χ0v) is 43.6. The normalized spacial score (nSPS) is 26.5. The van der Waals surface area contributed by atoms with Crippen molar-refractivity contribution in [2.24, 2.45) is 0 Å². The first kappa shape index (κ1) is 64.8. The van der Waals surface area contributed by atoms with Crippen LogP contribution in [0.25, 0.3) is 0 Å². The Morgan fingerprint density at radius 3 is 1.44 bits per heavy atom. The van der Waals surface area contributed by atoms with Gasteiger partial charge in [-0.05, 0) is 77.0 Å². The fourth-order valence-corrected chi connectivity index (χ4v) is 8.08. The molecule has 14 heteroatoms. The number of nitrogens with one attached hydrogen (secondary N) is 1. The molecule has 2 saturated heterocycles. The molecule has 12 atom stereocenters. The minimum atomic E-state index is -1.79. The molecule has 2 aliphatic rings. The van der Waals surface area contributed by atoms with Crippen LogP contribution < -0.4 is 5.32 Å². The van der Waals surface area contributed by atoms with Crippen molar-refractivity contribution in [2.75, 3.05) is 19.8 Å². The molecule has 0 radical (unpaired) electrons. The van der Waals surface area contributed by atoms with Gasteiger partial charge in [0.1, 0.15) is 48.8 Å². The smallest absolute Gasteiger partial charge is 0.220 e. The van der Waals surface area contributed by atoms with E-state index < -0.39 is 86.8 Å². The number of carbonyl (C=O) groups is 1. The average molecular weight is 1010 g/mol. The molecular weight excluding hydrogens is 919 g/mol. The van der Waals surface area contributed by atoms with E-state index in [9.17, 15) is 45.6 Å². The summed E-state index contributed by atoms with van der Waals surface area (Å²) in [5.74, 6) is -0.263. The van der Waals surface area contributed by atoms with Gasteiger partial charge >= 0.3 is 0 Å². The van der Waals surface area contributed by atoms with Crippen molar-refractivity contribution in [3.05, 3.63) is 109 Å². The molecule has 0 aromatic rings. The Morgan fingerprint density at radius 1 is 0.514 bits per heavy atom. The summed E-state index contributed by atoms with van der Waals surface area (Å²) in [7, 11) is 0. The second-order valence-corrected chi connectivity index (χ2v) is 18.6. The van der Waals surface area contributed by atoms with Crippen LogP contribution >= 0.6 is 0 Å². The molecule has 2 fully saturated rings. The Labute approximate surface area is 432 Å². The Balaban J connectivity index is 1.54. The summed E-state index contributed by atoms with van der Waals surface area (Å²) in [5, 5.41) is 85.9. The highest BCUT2D eigenvalue weighted by atomic mass is 16.7. The molecule has 0 spiro atoms. The number of aliphatic hydroxyl groups is 8. The largest absolute Gasteiger partial charge is 0.394 e. The second-order valence-electron chi connectivity index (χ2n) is 18.6. The third-order valence-corrected chi connectivity index (χ3v) is 12.4. The van der Waals surface area contributed by atoms with Crippen LogP contribution in [0, 0.1) is 0 Å². The highest BCUT2D eigenvalue weighted by Crippen LogP contribution is 2.30. The number of aliphatic hydroxyl groups excluding tert-OH is 8. The van der Waals surface area contributed by atoms with E-state index >= 15 is 0 Å². The zero-order valence-electron chi connectivity index (χ0n) is 43.6. The monoisotopic (exact) mass is 1010 g/mol.